The molecule has 0 saturated carbocycles. The van der Waals surface area contributed by atoms with Gasteiger partial charge in [-0.15, -0.1) is 0 Å². The van der Waals surface area contributed by atoms with E-state index in [1.165, 1.54) is 16.5 Å². The Morgan fingerprint density at radius 3 is 2.67 bits per heavy atom. The van der Waals surface area contributed by atoms with Crippen LogP contribution >= 0.6 is 15.9 Å². The van der Waals surface area contributed by atoms with Gasteiger partial charge in [-0.25, -0.2) is 4.98 Å². The maximum atomic E-state index is 12.7. The lowest BCUT2D eigenvalue weighted by atomic mass is 10.0. The van der Waals surface area contributed by atoms with Crippen molar-refractivity contribution < 1.29 is 4.52 Å². The van der Waals surface area contributed by atoms with E-state index in [0.717, 1.165) is 10.0 Å². The third-order valence-electron chi connectivity index (χ3n) is 4.40. The first-order chi connectivity index (χ1) is 13.0. The van der Waals surface area contributed by atoms with Gasteiger partial charge in [0.1, 0.15) is 6.54 Å². The Balaban J connectivity index is 1.62. The average molecular weight is 425 g/mol. The molecule has 0 bridgehead atoms. The molecule has 0 atom stereocenters. The Bertz CT molecular complexity index is 1160. The molecule has 0 saturated heterocycles. The summed E-state index contributed by atoms with van der Waals surface area (Å²) in [6.45, 7) is 4.47. The van der Waals surface area contributed by atoms with E-state index in [9.17, 15) is 4.79 Å². The topological polar surface area (TPSA) is 73.8 Å². The number of hydrogen-bond donors (Lipinski definition) is 0. The Hall–Kier alpha value is -2.80. The lowest BCUT2D eigenvalue weighted by molar-refractivity contribution is 0.369. The van der Waals surface area contributed by atoms with Gasteiger partial charge in [-0.05, 0) is 29.7 Å². The Kier molecular flexibility index (Phi) is 4.61. The molecule has 0 N–H and O–H groups in total. The number of benzene rings is 2. The molecule has 7 heteroatoms. The molecule has 0 aliphatic rings. The molecule has 27 heavy (non-hydrogen) atoms. The molecular formula is C20H17BrN4O2. The summed E-state index contributed by atoms with van der Waals surface area (Å²) in [5.74, 6) is 1.33. The van der Waals surface area contributed by atoms with E-state index in [4.69, 9.17) is 4.52 Å². The predicted molar refractivity (Wildman–Crippen MR) is 107 cm³/mol. The Morgan fingerprint density at radius 1 is 1.15 bits per heavy atom. The van der Waals surface area contributed by atoms with E-state index >= 15 is 0 Å². The molecule has 0 fully saturated rings. The van der Waals surface area contributed by atoms with Gasteiger partial charge in [0.25, 0.3) is 5.56 Å². The minimum atomic E-state index is -0.151. The molecule has 2 aromatic carbocycles. The number of aromatic nitrogens is 4. The van der Waals surface area contributed by atoms with Gasteiger partial charge in [0.15, 0.2) is 0 Å². The molecule has 0 aliphatic carbocycles. The number of halogens is 1. The van der Waals surface area contributed by atoms with Crippen LogP contribution < -0.4 is 5.56 Å². The van der Waals surface area contributed by atoms with E-state index in [0.29, 0.717) is 28.5 Å². The van der Waals surface area contributed by atoms with Crippen molar-refractivity contribution in [1.29, 1.82) is 0 Å². The van der Waals surface area contributed by atoms with Crippen LogP contribution in [-0.4, -0.2) is 19.7 Å². The first-order valence-corrected chi connectivity index (χ1v) is 9.38. The first kappa shape index (κ1) is 17.6. The van der Waals surface area contributed by atoms with E-state index in [1.54, 1.807) is 12.1 Å². The summed E-state index contributed by atoms with van der Waals surface area (Å²) < 4.78 is 7.63. The van der Waals surface area contributed by atoms with Crippen LogP contribution in [-0.2, 0) is 6.54 Å². The highest BCUT2D eigenvalue weighted by atomic mass is 79.9. The maximum Gasteiger partial charge on any atom is 0.261 e. The van der Waals surface area contributed by atoms with Gasteiger partial charge >= 0.3 is 0 Å². The molecular weight excluding hydrogens is 408 g/mol. The summed E-state index contributed by atoms with van der Waals surface area (Å²) in [6.07, 6.45) is 1.50. The summed E-state index contributed by atoms with van der Waals surface area (Å²) in [5.41, 5.74) is 2.63. The lowest BCUT2D eigenvalue weighted by Gasteiger charge is -2.04. The van der Waals surface area contributed by atoms with Gasteiger partial charge in [-0.1, -0.05) is 59.2 Å². The summed E-state index contributed by atoms with van der Waals surface area (Å²) >= 11 is 3.38. The summed E-state index contributed by atoms with van der Waals surface area (Å²) in [7, 11) is 0. The molecule has 0 spiro atoms. The fourth-order valence-electron chi connectivity index (χ4n) is 2.84. The molecule has 6 nitrogen and oxygen atoms in total. The van der Waals surface area contributed by atoms with Gasteiger partial charge in [0.05, 0.1) is 17.2 Å². The first-order valence-electron chi connectivity index (χ1n) is 8.59. The van der Waals surface area contributed by atoms with Crippen LogP contribution in [0.1, 0.15) is 31.2 Å². The zero-order valence-corrected chi connectivity index (χ0v) is 16.5. The summed E-state index contributed by atoms with van der Waals surface area (Å²) in [4.78, 5) is 21.4. The lowest BCUT2D eigenvalue weighted by Crippen LogP contribution is -2.21. The SMILES string of the molecule is CC(C)c1ccc(-c2noc(Cn3cnc4ccc(Br)cc4c3=O)n2)cc1. The Labute approximate surface area is 164 Å². The van der Waals surface area contributed by atoms with Crippen molar-refractivity contribution in [3.63, 3.8) is 0 Å². The van der Waals surface area contributed by atoms with Crippen molar-refractivity contribution >= 4 is 26.8 Å². The Morgan fingerprint density at radius 2 is 1.93 bits per heavy atom. The molecule has 0 unspecified atom stereocenters. The van der Waals surface area contributed by atoms with Crippen molar-refractivity contribution in [1.82, 2.24) is 19.7 Å². The molecule has 2 heterocycles. The normalized spacial score (nSPS) is 11.4. The maximum absolute atomic E-state index is 12.7. The highest BCUT2D eigenvalue weighted by Gasteiger charge is 2.12. The van der Waals surface area contributed by atoms with Gasteiger partial charge in [-0.3, -0.25) is 9.36 Å². The van der Waals surface area contributed by atoms with Crippen LogP contribution in [0.2, 0.25) is 0 Å². The second-order valence-electron chi connectivity index (χ2n) is 6.63. The molecule has 0 radical (unpaired) electrons. The van der Waals surface area contributed by atoms with E-state index in [2.05, 4.69) is 57.0 Å². The minimum absolute atomic E-state index is 0.151. The predicted octanol–water partition coefficient (Wildman–Crippen LogP) is 4.38. The van der Waals surface area contributed by atoms with Crippen molar-refractivity contribution in [3.8, 4) is 11.4 Å². The quantitative estimate of drug-likeness (QED) is 0.485. The third kappa shape index (κ3) is 3.55. The van der Waals surface area contributed by atoms with Crippen LogP contribution in [0.25, 0.3) is 22.3 Å². The highest BCUT2D eigenvalue weighted by Crippen LogP contribution is 2.21. The zero-order chi connectivity index (χ0) is 19.0. The number of nitrogens with zero attached hydrogens (tertiary/aromatic N) is 4. The van der Waals surface area contributed by atoms with Gasteiger partial charge in [0.2, 0.25) is 11.7 Å². The third-order valence-corrected chi connectivity index (χ3v) is 4.89. The van der Waals surface area contributed by atoms with Crippen LogP contribution in [0.15, 0.2) is 62.6 Å². The summed E-state index contributed by atoms with van der Waals surface area (Å²) in [5, 5.41) is 4.57. The fourth-order valence-corrected chi connectivity index (χ4v) is 3.20. The van der Waals surface area contributed by atoms with Crippen LogP contribution in [0.3, 0.4) is 0 Å². The zero-order valence-electron chi connectivity index (χ0n) is 14.9. The van der Waals surface area contributed by atoms with Crippen molar-refractivity contribution in [3.05, 3.63) is 75.1 Å². The smallest absolute Gasteiger partial charge is 0.261 e. The van der Waals surface area contributed by atoms with Crippen LogP contribution in [0, 0.1) is 0 Å². The van der Waals surface area contributed by atoms with E-state index < -0.39 is 0 Å². The fraction of sp³-hybridized carbons (Fsp3) is 0.200. The largest absolute Gasteiger partial charge is 0.337 e. The molecule has 4 aromatic rings. The van der Waals surface area contributed by atoms with Gasteiger partial charge in [-0.2, -0.15) is 4.98 Å². The second kappa shape index (κ2) is 7.08. The van der Waals surface area contributed by atoms with Crippen molar-refractivity contribution in [2.45, 2.75) is 26.3 Å². The minimum Gasteiger partial charge on any atom is -0.337 e. The van der Waals surface area contributed by atoms with Gasteiger partial charge < -0.3 is 4.52 Å². The second-order valence-corrected chi connectivity index (χ2v) is 7.54. The molecule has 0 aliphatic heterocycles. The highest BCUT2D eigenvalue weighted by molar-refractivity contribution is 9.10. The molecule has 0 amide bonds. The van der Waals surface area contributed by atoms with Crippen molar-refractivity contribution in [2.24, 2.45) is 0 Å². The van der Waals surface area contributed by atoms with Gasteiger partial charge in [0, 0.05) is 10.0 Å². The van der Waals surface area contributed by atoms with Crippen LogP contribution in [0.4, 0.5) is 0 Å². The number of rotatable bonds is 4. The number of fused-ring (bicyclic) bond motifs is 1. The van der Waals surface area contributed by atoms with E-state index in [1.807, 2.05) is 18.2 Å². The molecule has 2 aromatic heterocycles. The standard InChI is InChI=1S/C20H17BrN4O2/c1-12(2)13-3-5-14(6-4-13)19-23-18(27-24-19)10-25-11-22-17-8-7-15(21)9-16(17)20(25)26/h3-9,11-12H,10H2,1-2H3. The number of hydrogen-bond acceptors (Lipinski definition) is 5. The van der Waals surface area contributed by atoms with Crippen LogP contribution in [0.5, 0.6) is 0 Å². The molecule has 136 valence electrons. The van der Waals surface area contributed by atoms with Crippen molar-refractivity contribution in [2.75, 3.05) is 0 Å². The summed E-state index contributed by atoms with van der Waals surface area (Å²) in [6, 6.07) is 13.5. The average Bonchev–Trinajstić information content (AvgIpc) is 3.13. The monoisotopic (exact) mass is 424 g/mol. The van der Waals surface area contributed by atoms with E-state index in [-0.39, 0.29) is 12.1 Å². The molecule has 4 rings (SSSR count).